The molecule has 0 saturated heterocycles. The van der Waals surface area contributed by atoms with Gasteiger partial charge in [-0.3, -0.25) is 10.2 Å². The van der Waals surface area contributed by atoms with Crippen molar-refractivity contribution in [3.63, 3.8) is 0 Å². The molecule has 1 amide bonds. The quantitative estimate of drug-likeness (QED) is 0.475. The van der Waals surface area contributed by atoms with E-state index in [1.54, 1.807) is 12.1 Å². The van der Waals surface area contributed by atoms with E-state index in [1.807, 2.05) is 30.9 Å². The lowest BCUT2D eigenvalue weighted by atomic mass is 10.1. The third-order valence-corrected chi connectivity index (χ3v) is 2.69. The minimum Gasteiger partial charge on any atom is -0.357 e. The summed E-state index contributed by atoms with van der Waals surface area (Å²) in [4.78, 5) is 13.1. The number of amides is 1. The second-order valence-electron chi connectivity index (χ2n) is 3.79. The zero-order chi connectivity index (χ0) is 13.5. The van der Waals surface area contributed by atoms with Gasteiger partial charge in [-0.05, 0) is 44.2 Å². The molecular weight excluding hydrogens is 226 g/mol. The van der Waals surface area contributed by atoms with Gasteiger partial charge < -0.3 is 10.2 Å². The first kappa shape index (κ1) is 14.0. The number of carbonyl (C=O) groups is 1. The summed E-state index contributed by atoms with van der Waals surface area (Å²) in [5.41, 5.74) is 1.55. The van der Waals surface area contributed by atoms with E-state index in [2.05, 4.69) is 11.9 Å². The zero-order valence-electron chi connectivity index (χ0n) is 10.9. The highest BCUT2D eigenvalue weighted by molar-refractivity contribution is 6.00. The Hall–Kier alpha value is -2.10. The van der Waals surface area contributed by atoms with E-state index in [-0.39, 0.29) is 5.91 Å². The Morgan fingerprint density at radius 2 is 1.89 bits per heavy atom. The summed E-state index contributed by atoms with van der Waals surface area (Å²) in [6.07, 6.45) is 1.23. The van der Waals surface area contributed by atoms with Crippen LogP contribution < -0.4 is 5.32 Å². The zero-order valence-corrected chi connectivity index (χ0v) is 10.9. The lowest BCUT2D eigenvalue weighted by Crippen LogP contribution is -2.30. The van der Waals surface area contributed by atoms with E-state index in [4.69, 9.17) is 5.41 Å². The third-order valence-electron chi connectivity index (χ3n) is 2.69. The third kappa shape index (κ3) is 3.45. The van der Waals surface area contributed by atoms with E-state index in [9.17, 15) is 4.79 Å². The SMILES string of the molecule is C=CC(=O)Nc1ccc(C(=N)N(CC)CC)cc1. The van der Waals surface area contributed by atoms with Crippen molar-refractivity contribution in [2.75, 3.05) is 18.4 Å². The molecule has 4 nitrogen and oxygen atoms in total. The van der Waals surface area contributed by atoms with Crippen LogP contribution in [0.4, 0.5) is 5.69 Å². The molecule has 0 fully saturated rings. The first-order valence-electron chi connectivity index (χ1n) is 5.99. The summed E-state index contributed by atoms with van der Waals surface area (Å²) >= 11 is 0. The second kappa shape index (κ2) is 6.59. The molecule has 0 aliphatic rings. The highest BCUT2D eigenvalue weighted by Crippen LogP contribution is 2.11. The Bertz CT molecular complexity index is 433. The molecule has 0 aliphatic carbocycles. The van der Waals surface area contributed by atoms with Crippen LogP contribution in [0.2, 0.25) is 0 Å². The van der Waals surface area contributed by atoms with Crippen molar-refractivity contribution in [1.82, 2.24) is 4.90 Å². The Morgan fingerprint density at radius 3 is 2.33 bits per heavy atom. The number of benzene rings is 1. The Morgan fingerprint density at radius 1 is 1.33 bits per heavy atom. The maximum atomic E-state index is 11.1. The van der Waals surface area contributed by atoms with Gasteiger partial charge in [-0.1, -0.05) is 6.58 Å². The van der Waals surface area contributed by atoms with Gasteiger partial charge in [0.25, 0.3) is 0 Å². The van der Waals surface area contributed by atoms with Crippen molar-refractivity contribution >= 4 is 17.4 Å². The second-order valence-corrected chi connectivity index (χ2v) is 3.79. The normalized spacial score (nSPS) is 9.67. The molecule has 4 heteroatoms. The van der Waals surface area contributed by atoms with Gasteiger partial charge in [0.2, 0.25) is 5.91 Å². The number of rotatable bonds is 5. The Labute approximate surface area is 108 Å². The monoisotopic (exact) mass is 245 g/mol. The molecule has 18 heavy (non-hydrogen) atoms. The van der Waals surface area contributed by atoms with Crippen LogP contribution in [0.5, 0.6) is 0 Å². The molecule has 0 radical (unpaired) electrons. The van der Waals surface area contributed by atoms with Crippen molar-refractivity contribution < 1.29 is 4.79 Å². The van der Waals surface area contributed by atoms with Crippen LogP contribution in [-0.4, -0.2) is 29.7 Å². The Balaban J connectivity index is 2.79. The van der Waals surface area contributed by atoms with E-state index < -0.39 is 0 Å². The van der Waals surface area contributed by atoms with Gasteiger partial charge >= 0.3 is 0 Å². The highest BCUT2D eigenvalue weighted by Gasteiger charge is 2.08. The van der Waals surface area contributed by atoms with Gasteiger partial charge in [-0.2, -0.15) is 0 Å². The summed E-state index contributed by atoms with van der Waals surface area (Å²) in [6.45, 7) is 9.06. The van der Waals surface area contributed by atoms with Gasteiger partial charge in [-0.15, -0.1) is 0 Å². The maximum Gasteiger partial charge on any atom is 0.247 e. The molecule has 2 N–H and O–H groups in total. The molecule has 0 heterocycles. The van der Waals surface area contributed by atoms with Gasteiger partial charge in [0.1, 0.15) is 5.84 Å². The van der Waals surface area contributed by atoms with Crippen LogP contribution in [0, 0.1) is 5.41 Å². The number of hydrogen-bond acceptors (Lipinski definition) is 2. The minimum absolute atomic E-state index is 0.235. The molecule has 1 aromatic carbocycles. The number of anilines is 1. The maximum absolute atomic E-state index is 11.1. The van der Waals surface area contributed by atoms with Crippen molar-refractivity contribution in [3.8, 4) is 0 Å². The van der Waals surface area contributed by atoms with Crippen LogP contribution in [-0.2, 0) is 4.79 Å². The van der Waals surface area contributed by atoms with Gasteiger partial charge in [0.15, 0.2) is 0 Å². The summed E-state index contributed by atoms with van der Waals surface area (Å²) in [5.74, 6) is 0.267. The first-order valence-corrected chi connectivity index (χ1v) is 5.99. The van der Waals surface area contributed by atoms with E-state index >= 15 is 0 Å². The molecule has 0 spiro atoms. The first-order chi connectivity index (χ1) is 8.62. The van der Waals surface area contributed by atoms with Crippen LogP contribution in [0.15, 0.2) is 36.9 Å². The predicted molar refractivity (Wildman–Crippen MR) is 75.0 cm³/mol. The molecule has 0 atom stereocenters. The van der Waals surface area contributed by atoms with E-state index in [0.29, 0.717) is 11.5 Å². The van der Waals surface area contributed by atoms with Crippen LogP contribution in [0.25, 0.3) is 0 Å². The minimum atomic E-state index is -0.235. The molecule has 0 aliphatic heterocycles. The number of hydrogen-bond donors (Lipinski definition) is 2. The molecule has 1 aromatic rings. The molecular formula is C14H19N3O. The fraction of sp³-hybridized carbons (Fsp3) is 0.286. The Kier molecular flexibility index (Phi) is 5.11. The molecule has 0 unspecified atom stereocenters. The van der Waals surface area contributed by atoms with Gasteiger partial charge in [0.05, 0.1) is 0 Å². The fourth-order valence-corrected chi connectivity index (χ4v) is 1.63. The van der Waals surface area contributed by atoms with Crippen molar-refractivity contribution in [2.45, 2.75) is 13.8 Å². The number of nitrogens with zero attached hydrogens (tertiary/aromatic N) is 1. The van der Waals surface area contributed by atoms with E-state index in [1.165, 1.54) is 6.08 Å². The summed E-state index contributed by atoms with van der Waals surface area (Å²) < 4.78 is 0. The van der Waals surface area contributed by atoms with Crippen molar-refractivity contribution in [3.05, 3.63) is 42.5 Å². The standard InChI is InChI=1S/C14H19N3O/c1-4-13(18)16-12-9-7-11(8-10-12)14(15)17(5-2)6-3/h4,7-10,15H,1,5-6H2,2-3H3,(H,16,18). The summed E-state index contributed by atoms with van der Waals surface area (Å²) in [7, 11) is 0. The molecule has 0 saturated carbocycles. The number of nitrogens with one attached hydrogen (secondary N) is 2. The summed E-state index contributed by atoms with van der Waals surface area (Å²) in [5, 5.41) is 10.7. The molecule has 1 rings (SSSR count). The molecule has 96 valence electrons. The van der Waals surface area contributed by atoms with Crippen LogP contribution >= 0.6 is 0 Å². The number of amidine groups is 1. The molecule has 0 aromatic heterocycles. The van der Waals surface area contributed by atoms with Crippen LogP contribution in [0.3, 0.4) is 0 Å². The molecule has 0 bridgehead atoms. The number of carbonyl (C=O) groups excluding carboxylic acids is 1. The van der Waals surface area contributed by atoms with Gasteiger partial charge in [-0.25, -0.2) is 0 Å². The summed E-state index contributed by atoms with van der Waals surface area (Å²) in [6, 6.07) is 7.24. The smallest absolute Gasteiger partial charge is 0.247 e. The fourth-order valence-electron chi connectivity index (χ4n) is 1.63. The lowest BCUT2D eigenvalue weighted by molar-refractivity contribution is -0.111. The van der Waals surface area contributed by atoms with Crippen LogP contribution in [0.1, 0.15) is 19.4 Å². The topological polar surface area (TPSA) is 56.2 Å². The highest BCUT2D eigenvalue weighted by atomic mass is 16.1. The van der Waals surface area contributed by atoms with Crippen molar-refractivity contribution in [2.24, 2.45) is 0 Å². The lowest BCUT2D eigenvalue weighted by Gasteiger charge is -2.21. The average Bonchev–Trinajstić information content (AvgIpc) is 2.40. The van der Waals surface area contributed by atoms with Crippen molar-refractivity contribution in [1.29, 1.82) is 5.41 Å². The largest absolute Gasteiger partial charge is 0.357 e. The van der Waals surface area contributed by atoms with Gasteiger partial charge in [0, 0.05) is 24.3 Å². The van der Waals surface area contributed by atoms with E-state index in [0.717, 1.165) is 18.7 Å². The average molecular weight is 245 g/mol. The predicted octanol–water partition coefficient (Wildman–Crippen LogP) is 2.48.